The van der Waals surface area contributed by atoms with Gasteiger partial charge in [-0.05, 0) is 62.3 Å². The number of hydrogen-bond donors (Lipinski definition) is 2. The Bertz CT molecular complexity index is 1640. The Hall–Kier alpha value is -3.77. The van der Waals surface area contributed by atoms with Crippen LogP contribution in [0.3, 0.4) is 0 Å². The molecule has 2 fully saturated rings. The number of anilines is 2. The van der Waals surface area contributed by atoms with Crippen molar-refractivity contribution in [1.29, 1.82) is 5.26 Å². The molecule has 2 saturated carbocycles. The Morgan fingerprint density at radius 3 is 2.58 bits per heavy atom. The molecular formula is C30H32ClFN8. The zero-order valence-corrected chi connectivity index (χ0v) is 23.8. The Labute approximate surface area is 238 Å². The van der Waals surface area contributed by atoms with Crippen molar-refractivity contribution in [2.24, 2.45) is 5.41 Å². The molecule has 0 saturated heterocycles. The molecule has 1 unspecified atom stereocenters. The summed E-state index contributed by atoms with van der Waals surface area (Å²) < 4.78 is 16.1. The molecule has 2 aliphatic carbocycles. The summed E-state index contributed by atoms with van der Waals surface area (Å²) in [5, 5.41) is 27.2. The number of nitriles is 1. The van der Waals surface area contributed by atoms with Gasteiger partial charge >= 0.3 is 0 Å². The summed E-state index contributed by atoms with van der Waals surface area (Å²) in [6.45, 7) is 8.84. The minimum absolute atomic E-state index is 0.0184. The van der Waals surface area contributed by atoms with Gasteiger partial charge in [0.05, 0.1) is 29.0 Å². The highest BCUT2D eigenvalue weighted by Crippen LogP contribution is 2.48. The maximum absolute atomic E-state index is 14.0. The highest BCUT2D eigenvalue weighted by Gasteiger charge is 2.39. The number of aryl methyl sites for hydroxylation is 1. The van der Waals surface area contributed by atoms with Crippen molar-refractivity contribution >= 4 is 33.9 Å². The van der Waals surface area contributed by atoms with Gasteiger partial charge in [-0.3, -0.25) is 0 Å². The second-order valence-corrected chi connectivity index (χ2v) is 12.5. The Morgan fingerprint density at radius 1 is 1.15 bits per heavy atom. The van der Waals surface area contributed by atoms with E-state index < -0.39 is 12.0 Å². The third kappa shape index (κ3) is 5.20. The molecule has 0 aliphatic heterocycles. The zero-order valence-electron chi connectivity index (χ0n) is 23.1. The van der Waals surface area contributed by atoms with E-state index in [0.29, 0.717) is 41.0 Å². The molecule has 0 spiro atoms. The summed E-state index contributed by atoms with van der Waals surface area (Å²) in [5.41, 5.74) is 5.88. The summed E-state index contributed by atoms with van der Waals surface area (Å²) in [5.74, 6) is -0.0887. The van der Waals surface area contributed by atoms with Crippen molar-refractivity contribution in [1.82, 2.24) is 25.0 Å². The standard InChI is InChI=1S/C30H32ClFN8/c1-16-20(10-12-24(32)35-16)26(27-28(17-5-6-17)40(39-38-27)19-8-9-19)36-18-7-11-23-21(13-18)25(34-15-30(2,3)4)22(14-33)29(31)37-23/h7,10-13,17,19,26,36H,5-6,8-9,15H2,1-4H3,(H,34,37). The largest absolute Gasteiger partial charge is 0.383 e. The number of nitrogens with one attached hydrogen (secondary N) is 2. The van der Waals surface area contributed by atoms with Crippen LogP contribution in [0.5, 0.6) is 0 Å². The minimum Gasteiger partial charge on any atom is -0.383 e. The lowest BCUT2D eigenvalue weighted by Gasteiger charge is -2.23. The molecule has 40 heavy (non-hydrogen) atoms. The predicted octanol–water partition coefficient (Wildman–Crippen LogP) is 7.07. The average molecular weight is 559 g/mol. The summed E-state index contributed by atoms with van der Waals surface area (Å²) in [6, 6.07) is 11.2. The van der Waals surface area contributed by atoms with Crippen molar-refractivity contribution in [3.8, 4) is 6.07 Å². The highest BCUT2D eigenvalue weighted by molar-refractivity contribution is 6.31. The average Bonchev–Trinajstić information content (AvgIpc) is 3.84. The number of hydrogen-bond acceptors (Lipinski definition) is 7. The van der Waals surface area contributed by atoms with Crippen LogP contribution in [0, 0.1) is 29.6 Å². The maximum atomic E-state index is 14.0. The van der Waals surface area contributed by atoms with Gasteiger partial charge < -0.3 is 10.6 Å². The first-order chi connectivity index (χ1) is 19.1. The molecule has 3 aromatic heterocycles. The lowest BCUT2D eigenvalue weighted by atomic mass is 9.96. The number of pyridine rings is 2. The lowest BCUT2D eigenvalue weighted by Crippen LogP contribution is -2.20. The summed E-state index contributed by atoms with van der Waals surface area (Å²) in [4.78, 5) is 8.60. The number of halogens is 2. The normalized spacial score (nSPS) is 16.1. The van der Waals surface area contributed by atoms with Crippen LogP contribution in [0.1, 0.15) is 92.7 Å². The van der Waals surface area contributed by atoms with Gasteiger partial charge in [0, 0.05) is 34.8 Å². The summed E-state index contributed by atoms with van der Waals surface area (Å²) >= 11 is 6.41. The monoisotopic (exact) mass is 558 g/mol. The molecule has 1 aromatic carbocycles. The van der Waals surface area contributed by atoms with E-state index in [1.807, 2.05) is 25.1 Å². The van der Waals surface area contributed by atoms with E-state index >= 15 is 0 Å². The van der Waals surface area contributed by atoms with Crippen molar-refractivity contribution in [2.45, 2.75) is 71.4 Å². The van der Waals surface area contributed by atoms with E-state index in [0.717, 1.165) is 53.7 Å². The molecule has 6 rings (SSSR count). The van der Waals surface area contributed by atoms with Crippen LogP contribution in [0.2, 0.25) is 5.15 Å². The highest BCUT2D eigenvalue weighted by atomic mass is 35.5. The number of aromatic nitrogens is 5. The molecular weight excluding hydrogens is 527 g/mol. The second kappa shape index (κ2) is 10.0. The quantitative estimate of drug-likeness (QED) is 0.223. The van der Waals surface area contributed by atoms with Gasteiger partial charge in [0.15, 0.2) is 0 Å². The molecule has 8 nitrogen and oxygen atoms in total. The van der Waals surface area contributed by atoms with Gasteiger partial charge in [0.2, 0.25) is 5.95 Å². The molecule has 2 aliphatic rings. The van der Waals surface area contributed by atoms with Crippen molar-refractivity contribution in [2.75, 3.05) is 17.2 Å². The van der Waals surface area contributed by atoms with Crippen LogP contribution in [-0.4, -0.2) is 31.5 Å². The first kappa shape index (κ1) is 26.5. The molecule has 10 heteroatoms. The third-order valence-electron chi connectivity index (χ3n) is 7.45. The van der Waals surface area contributed by atoms with Crippen LogP contribution in [0.15, 0.2) is 30.3 Å². The van der Waals surface area contributed by atoms with Gasteiger partial charge in [0.1, 0.15) is 22.5 Å². The van der Waals surface area contributed by atoms with Crippen LogP contribution in [-0.2, 0) is 0 Å². The van der Waals surface area contributed by atoms with E-state index in [9.17, 15) is 9.65 Å². The molecule has 1 atom stereocenters. The zero-order chi connectivity index (χ0) is 28.2. The van der Waals surface area contributed by atoms with E-state index in [1.54, 1.807) is 6.07 Å². The van der Waals surface area contributed by atoms with Crippen LogP contribution in [0.25, 0.3) is 10.9 Å². The van der Waals surface area contributed by atoms with Gasteiger partial charge in [-0.1, -0.05) is 43.7 Å². The van der Waals surface area contributed by atoms with E-state index in [4.69, 9.17) is 16.7 Å². The number of fused-ring (bicyclic) bond motifs is 1. The Morgan fingerprint density at radius 2 is 1.93 bits per heavy atom. The molecule has 0 amide bonds. The number of benzene rings is 1. The first-order valence-electron chi connectivity index (χ1n) is 13.7. The molecule has 0 radical (unpaired) electrons. The smallest absolute Gasteiger partial charge is 0.213 e. The van der Waals surface area contributed by atoms with Gasteiger partial charge in [-0.15, -0.1) is 5.10 Å². The van der Waals surface area contributed by atoms with Crippen molar-refractivity contribution in [3.05, 3.63) is 69.6 Å². The van der Waals surface area contributed by atoms with Crippen molar-refractivity contribution in [3.63, 3.8) is 0 Å². The lowest BCUT2D eigenvalue weighted by molar-refractivity contribution is 0.443. The topological polar surface area (TPSA) is 104 Å². The van der Waals surface area contributed by atoms with E-state index in [2.05, 4.69) is 57.3 Å². The fraction of sp³-hybridized carbons (Fsp3) is 0.433. The summed E-state index contributed by atoms with van der Waals surface area (Å²) in [6.07, 6.45) is 4.46. The molecule has 2 N–H and O–H groups in total. The van der Waals surface area contributed by atoms with Crippen molar-refractivity contribution < 1.29 is 4.39 Å². The number of rotatable bonds is 8. The number of nitrogens with zero attached hydrogens (tertiary/aromatic N) is 6. The van der Waals surface area contributed by atoms with Crippen LogP contribution < -0.4 is 10.6 Å². The Kier molecular flexibility index (Phi) is 6.62. The molecule has 3 heterocycles. The second-order valence-electron chi connectivity index (χ2n) is 12.1. The Balaban J connectivity index is 1.46. The fourth-order valence-corrected chi connectivity index (χ4v) is 5.36. The fourth-order valence-electron chi connectivity index (χ4n) is 5.13. The minimum atomic E-state index is -0.517. The predicted molar refractivity (Wildman–Crippen MR) is 154 cm³/mol. The third-order valence-corrected chi connectivity index (χ3v) is 7.72. The SMILES string of the molecule is Cc1nc(F)ccc1C(Nc1ccc2nc(Cl)c(C#N)c(NCC(C)(C)C)c2c1)c1nnn(C2CC2)c1C1CC1. The van der Waals surface area contributed by atoms with E-state index in [-0.39, 0.29) is 10.6 Å². The summed E-state index contributed by atoms with van der Waals surface area (Å²) in [7, 11) is 0. The van der Waals surface area contributed by atoms with Gasteiger partial charge in [0.25, 0.3) is 0 Å². The van der Waals surface area contributed by atoms with Crippen LogP contribution >= 0.6 is 11.6 Å². The van der Waals surface area contributed by atoms with Crippen LogP contribution in [0.4, 0.5) is 15.8 Å². The van der Waals surface area contributed by atoms with Gasteiger partial charge in [-0.2, -0.15) is 9.65 Å². The van der Waals surface area contributed by atoms with E-state index in [1.165, 1.54) is 6.07 Å². The molecule has 4 aromatic rings. The van der Waals surface area contributed by atoms with Gasteiger partial charge in [-0.25, -0.2) is 14.6 Å². The molecule has 0 bridgehead atoms. The maximum Gasteiger partial charge on any atom is 0.213 e. The molecule has 206 valence electrons. The first-order valence-corrected chi connectivity index (χ1v) is 14.1.